The van der Waals surface area contributed by atoms with Crippen LogP contribution in [0.15, 0.2) is 96.6 Å². The topological polar surface area (TPSA) is 84.9 Å². The number of hydrogen-bond acceptors (Lipinski definition) is 5. The van der Waals surface area contributed by atoms with E-state index in [0.29, 0.717) is 38.7 Å². The normalized spacial score (nSPS) is 14.3. The molecule has 41 heavy (non-hydrogen) atoms. The minimum atomic E-state index is -0.865. The quantitative estimate of drug-likeness (QED) is 0.166. The first kappa shape index (κ1) is 28.2. The van der Waals surface area contributed by atoms with Gasteiger partial charge in [-0.1, -0.05) is 59.1 Å². The highest BCUT2D eigenvalue weighted by molar-refractivity contribution is 6.39. The van der Waals surface area contributed by atoms with Crippen molar-refractivity contribution in [2.75, 3.05) is 4.90 Å². The SMILES string of the molecule is O=C1NC(=O)N(c2ccc(OCc3ccc(Cl)cc3)cc2)C(=O)/C1=C/c1cc(Cl)ccc1OCc1cccc(Cl)c1. The van der Waals surface area contributed by atoms with Crippen molar-refractivity contribution in [1.82, 2.24) is 5.32 Å². The lowest BCUT2D eigenvalue weighted by molar-refractivity contribution is -0.122. The summed E-state index contributed by atoms with van der Waals surface area (Å²) >= 11 is 18.2. The lowest BCUT2D eigenvalue weighted by Gasteiger charge is -2.26. The van der Waals surface area contributed by atoms with Crippen LogP contribution in [0.4, 0.5) is 10.5 Å². The van der Waals surface area contributed by atoms with Crippen molar-refractivity contribution in [3.05, 3.63) is 128 Å². The van der Waals surface area contributed by atoms with Crippen LogP contribution < -0.4 is 19.7 Å². The van der Waals surface area contributed by atoms with Gasteiger partial charge in [0, 0.05) is 20.6 Å². The van der Waals surface area contributed by atoms with Crippen LogP contribution in [0.2, 0.25) is 15.1 Å². The molecule has 1 heterocycles. The van der Waals surface area contributed by atoms with Gasteiger partial charge in [0.05, 0.1) is 5.69 Å². The van der Waals surface area contributed by atoms with Crippen molar-refractivity contribution >= 4 is 64.4 Å². The van der Waals surface area contributed by atoms with Gasteiger partial charge in [-0.2, -0.15) is 0 Å². The van der Waals surface area contributed by atoms with Crippen LogP contribution in [0, 0.1) is 0 Å². The molecule has 0 spiro atoms. The van der Waals surface area contributed by atoms with Crippen molar-refractivity contribution in [2.24, 2.45) is 0 Å². The molecule has 4 aromatic carbocycles. The van der Waals surface area contributed by atoms with Gasteiger partial charge in [0.2, 0.25) is 0 Å². The second kappa shape index (κ2) is 12.5. The Balaban J connectivity index is 1.35. The van der Waals surface area contributed by atoms with Crippen LogP contribution >= 0.6 is 34.8 Å². The summed E-state index contributed by atoms with van der Waals surface area (Å²) in [5.74, 6) is -0.719. The van der Waals surface area contributed by atoms with Gasteiger partial charge in [-0.25, -0.2) is 9.69 Å². The van der Waals surface area contributed by atoms with E-state index in [1.54, 1.807) is 72.8 Å². The summed E-state index contributed by atoms with van der Waals surface area (Å²) in [6.45, 7) is 0.498. The Morgan fingerprint density at radius 1 is 0.707 bits per heavy atom. The monoisotopic (exact) mass is 606 g/mol. The van der Waals surface area contributed by atoms with E-state index in [1.165, 1.54) is 6.08 Å². The average Bonchev–Trinajstić information content (AvgIpc) is 2.95. The van der Waals surface area contributed by atoms with Crippen molar-refractivity contribution in [3.63, 3.8) is 0 Å². The molecule has 0 aliphatic carbocycles. The number of nitrogens with zero attached hydrogens (tertiary/aromatic N) is 1. The molecule has 0 bridgehead atoms. The number of amides is 4. The Kier molecular flexibility index (Phi) is 8.59. The first-order chi connectivity index (χ1) is 19.8. The van der Waals surface area contributed by atoms with Crippen LogP contribution in [0.25, 0.3) is 6.08 Å². The highest BCUT2D eigenvalue weighted by atomic mass is 35.5. The summed E-state index contributed by atoms with van der Waals surface area (Å²) in [6, 6.07) is 24.8. The molecule has 1 fully saturated rings. The Hall–Kier alpha value is -4.30. The van der Waals surface area contributed by atoms with Crippen LogP contribution in [-0.2, 0) is 22.8 Å². The Morgan fingerprint density at radius 2 is 1.39 bits per heavy atom. The molecular weight excluding hydrogens is 587 g/mol. The molecule has 5 rings (SSSR count). The van der Waals surface area contributed by atoms with E-state index in [1.807, 2.05) is 18.2 Å². The molecule has 206 valence electrons. The molecule has 4 aromatic rings. The third-order valence-corrected chi connectivity index (χ3v) is 6.79. The number of nitrogens with one attached hydrogen (secondary N) is 1. The Bertz CT molecular complexity index is 1650. The van der Waals surface area contributed by atoms with E-state index in [-0.39, 0.29) is 17.9 Å². The highest BCUT2D eigenvalue weighted by Gasteiger charge is 2.37. The van der Waals surface area contributed by atoms with E-state index in [0.717, 1.165) is 16.0 Å². The predicted octanol–water partition coefficient (Wildman–Crippen LogP) is 7.47. The number of carbonyl (C=O) groups excluding carboxylic acids is 3. The maximum absolute atomic E-state index is 13.4. The third kappa shape index (κ3) is 6.89. The van der Waals surface area contributed by atoms with Gasteiger partial charge < -0.3 is 9.47 Å². The molecule has 1 saturated heterocycles. The van der Waals surface area contributed by atoms with E-state index in [9.17, 15) is 14.4 Å². The number of ether oxygens (including phenoxy) is 2. The van der Waals surface area contributed by atoms with Gasteiger partial charge in [0.25, 0.3) is 11.8 Å². The fourth-order valence-electron chi connectivity index (χ4n) is 4.04. The first-order valence-electron chi connectivity index (χ1n) is 12.3. The summed E-state index contributed by atoms with van der Waals surface area (Å²) in [4.78, 5) is 39.7. The van der Waals surface area contributed by atoms with Crippen molar-refractivity contribution in [3.8, 4) is 11.5 Å². The molecule has 1 N–H and O–H groups in total. The first-order valence-corrected chi connectivity index (χ1v) is 13.5. The number of anilines is 1. The zero-order valence-electron chi connectivity index (χ0n) is 21.3. The summed E-state index contributed by atoms with van der Waals surface area (Å²) in [7, 11) is 0. The van der Waals surface area contributed by atoms with E-state index >= 15 is 0 Å². The molecule has 0 unspecified atom stereocenters. The molecule has 10 heteroatoms. The summed E-state index contributed by atoms with van der Waals surface area (Å²) in [5, 5.41) is 3.79. The number of rotatable bonds is 8. The van der Waals surface area contributed by atoms with E-state index < -0.39 is 17.8 Å². The lowest BCUT2D eigenvalue weighted by Crippen LogP contribution is -2.54. The van der Waals surface area contributed by atoms with Gasteiger partial charge in [0.15, 0.2) is 0 Å². The zero-order valence-corrected chi connectivity index (χ0v) is 23.5. The van der Waals surface area contributed by atoms with Crippen LogP contribution in [0.1, 0.15) is 16.7 Å². The van der Waals surface area contributed by atoms with Crippen LogP contribution in [-0.4, -0.2) is 17.8 Å². The van der Waals surface area contributed by atoms with Crippen molar-refractivity contribution < 1.29 is 23.9 Å². The lowest BCUT2D eigenvalue weighted by atomic mass is 10.1. The van der Waals surface area contributed by atoms with Crippen molar-refractivity contribution in [1.29, 1.82) is 0 Å². The highest BCUT2D eigenvalue weighted by Crippen LogP contribution is 2.29. The number of urea groups is 1. The number of hydrogen-bond donors (Lipinski definition) is 1. The van der Waals surface area contributed by atoms with Gasteiger partial charge >= 0.3 is 6.03 Å². The minimum Gasteiger partial charge on any atom is -0.489 e. The second-order valence-corrected chi connectivity index (χ2v) is 10.3. The number of barbiturate groups is 1. The fourth-order valence-corrected chi connectivity index (χ4v) is 4.56. The fraction of sp³-hybridized carbons (Fsp3) is 0.0645. The Labute approximate surface area is 250 Å². The molecule has 7 nitrogen and oxygen atoms in total. The maximum Gasteiger partial charge on any atom is 0.335 e. The number of imide groups is 2. The molecule has 1 aliphatic heterocycles. The smallest absolute Gasteiger partial charge is 0.335 e. The van der Waals surface area contributed by atoms with Crippen LogP contribution in [0.3, 0.4) is 0 Å². The maximum atomic E-state index is 13.4. The largest absolute Gasteiger partial charge is 0.489 e. The molecule has 1 aliphatic rings. The zero-order chi connectivity index (χ0) is 28.9. The van der Waals surface area contributed by atoms with E-state index in [2.05, 4.69) is 5.32 Å². The summed E-state index contributed by atoms with van der Waals surface area (Å²) in [5.41, 5.74) is 2.14. The number of carbonyl (C=O) groups is 3. The molecule has 0 aromatic heterocycles. The van der Waals surface area contributed by atoms with Gasteiger partial charge in [-0.15, -0.1) is 0 Å². The van der Waals surface area contributed by atoms with Gasteiger partial charge in [-0.3, -0.25) is 14.9 Å². The number of halogens is 3. The van der Waals surface area contributed by atoms with E-state index in [4.69, 9.17) is 44.3 Å². The van der Waals surface area contributed by atoms with Gasteiger partial charge in [0.1, 0.15) is 30.3 Å². The second-order valence-electron chi connectivity index (χ2n) is 8.97. The molecular formula is C31H21Cl3N2O5. The predicted molar refractivity (Wildman–Crippen MR) is 158 cm³/mol. The van der Waals surface area contributed by atoms with Crippen LogP contribution in [0.5, 0.6) is 11.5 Å². The third-order valence-electron chi connectivity index (χ3n) is 6.07. The number of benzene rings is 4. The van der Waals surface area contributed by atoms with Crippen molar-refractivity contribution in [2.45, 2.75) is 13.2 Å². The average molecular weight is 608 g/mol. The molecule has 0 radical (unpaired) electrons. The standard InChI is InChI=1S/C31H21Cl3N2O5/c32-22-6-4-19(5-7-22)17-40-26-11-9-25(10-12-26)36-30(38)27(29(37)35-31(36)39)16-21-15-24(34)8-13-28(21)41-18-20-2-1-3-23(33)14-20/h1-16H,17-18H2,(H,35,37,39)/b27-16+. The summed E-state index contributed by atoms with van der Waals surface area (Å²) < 4.78 is 11.7. The molecule has 0 saturated carbocycles. The Morgan fingerprint density at radius 3 is 2.12 bits per heavy atom. The molecule has 0 atom stereocenters. The van der Waals surface area contributed by atoms with Gasteiger partial charge in [-0.05, 0) is 83.9 Å². The summed E-state index contributed by atoms with van der Waals surface area (Å²) in [6.07, 6.45) is 1.35. The minimum absolute atomic E-state index is 0.190. The molecule has 4 amide bonds.